The standard InChI is InChI=1S/C17H23Cl2NO.C15H25NO3/c1-3-21-10-14-13(9-12-5-7-17(14)20(12)2)11-4-6-15(18)16(19)8-11;1-12(2)16-10-14(17)11-19-15-6-4-13(5-7-15)8-9-18-3/h4,6,8,12-14,17H,3,5,7,9-10H2,1-2H3;4-7,12,14,16-17H,8-11H2,1-3H3/t12-,13+,14+,17+;/m0./s1. The predicted molar refractivity (Wildman–Crippen MR) is 165 cm³/mol. The Morgan fingerprint density at radius 3 is 2.48 bits per heavy atom. The minimum atomic E-state index is -0.490. The molecule has 1 unspecified atom stereocenters. The predicted octanol–water partition coefficient (Wildman–Crippen LogP) is 6.21. The van der Waals surface area contributed by atoms with E-state index in [0.29, 0.717) is 53.2 Å². The molecule has 4 rings (SSSR count). The van der Waals surface area contributed by atoms with Crippen molar-refractivity contribution in [2.75, 3.05) is 47.1 Å². The molecule has 2 aromatic rings. The van der Waals surface area contributed by atoms with E-state index in [9.17, 15) is 5.11 Å². The summed E-state index contributed by atoms with van der Waals surface area (Å²) in [6.45, 7) is 9.35. The summed E-state index contributed by atoms with van der Waals surface area (Å²) in [4.78, 5) is 2.57. The summed E-state index contributed by atoms with van der Waals surface area (Å²) in [5.74, 6) is 1.86. The van der Waals surface area contributed by atoms with Crippen LogP contribution in [0, 0.1) is 5.92 Å². The van der Waals surface area contributed by atoms with Crippen molar-refractivity contribution in [2.45, 2.75) is 76.6 Å². The normalized spacial score (nSPS) is 23.1. The van der Waals surface area contributed by atoms with Crippen LogP contribution in [0.3, 0.4) is 0 Å². The van der Waals surface area contributed by atoms with Crippen LogP contribution < -0.4 is 10.1 Å². The Kier molecular flexibility index (Phi) is 14.0. The minimum Gasteiger partial charge on any atom is -0.491 e. The summed E-state index contributed by atoms with van der Waals surface area (Å²) >= 11 is 12.3. The molecule has 0 saturated carbocycles. The number of halogens is 2. The van der Waals surface area contributed by atoms with Crippen LogP contribution in [0.2, 0.25) is 10.0 Å². The maximum absolute atomic E-state index is 9.73. The first-order valence-electron chi connectivity index (χ1n) is 14.6. The number of rotatable bonds is 13. The van der Waals surface area contributed by atoms with Crippen LogP contribution >= 0.6 is 23.2 Å². The molecule has 6 nitrogen and oxygen atoms in total. The van der Waals surface area contributed by atoms with Crippen molar-refractivity contribution >= 4 is 23.2 Å². The number of aliphatic hydroxyl groups is 1. The van der Waals surface area contributed by atoms with Gasteiger partial charge in [-0.05, 0) is 81.0 Å². The number of ether oxygens (including phenoxy) is 3. The number of fused-ring (bicyclic) bond motifs is 2. The molecule has 2 aromatic carbocycles. The first kappa shape index (κ1) is 33.1. The van der Waals surface area contributed by atoms with Gasteiger partial charge in [0.2, 0.25) is 0 Å². The molecule has 0 aliphatic carbocycles. The third-order valence-electron chi connectivity index (χ3n) is 8.04. The number of aliphatic hydroxyl groups excluding tert-OH is 1. The molecule has 2 heterocycles. The maximum atomic E-state index is 9.73. The average Bonchev–Trinajstić information content (AvgIpc) is 3.19. The second-order valence-electron chi connectivity index (χ2n) is 11.2. The number of hydrogen-bond acceptors (Lipinski definition) is 6. The first-order valence-corrected chi connectivity index (χ1v) is 15.4. The van der Waals surface area contributed by atoms with Crippen molar-refractivity contribution in [3.05, 3.63) is 63.6 Å². The van der Waals surface area contributed by atoms with E-state index in [1.807, 2.05) is 44.2 Å². The van der Waals surface area contributed by atoms with Gasteiger partial charge in [-0.3, -0.25) is 0 Å². The molecule has 2 N–H and O–H groups in total. The van der Waals surface area contributed by atoms with Crippen LogP contribution in [-0.4, -0.2) is 81.4 Å². The van der Waals surface area contributed by atoms with Crippen molar-refractivity contribution in [3.8, 4) is 5.75 Å². The van der Waals surface area contributed by atoms with Crippen LogP contribution in [0.4, 0.5) is 0 Å². The zero-order valence-electron chi connectivity index (χ0n) is 24.7. The highest BCUT2D eigenvalue weighted by atomic mass is 35.5. The van der Waals surface area contributed by atoms with E-state index in [1.165, 1.54) is 30.4 Å². The lowest BCUT2D eigenvalue weighted by Gasteiger charge is -2.43. The van der Waals surface area contributed by atoms with E-state index in [0.717, 1.165) is 32.0 Å². The van der Waals surface area contributed by atoms with Gasteiger partial charge in [-0.2, -0.15) is 0 Å². The van der Waals surface area contributed by atoms with Crippen LogP contribution in [0.25, 0.3) is 0 Å². The monoisotopic (exact) mass is 594 g/mol. The average molecular weight is 596 g/mol. The van der Waals surface area contributed by atoms with Crippen molar-refractivity contribution in [1.29, 1.82) is 0 Å². The molecule has 0 spiro atoms. The molecule has 5 atom stereocenters. The van der Waals surface area contributed by atoms with Crippen molar-refractivity contribution in [3.63, 3.8) is 0 Å². The van der Waals surface area contributed by atoms with Crippen LogP contribution in [-0.2, 0) is 15.9 Å². The Balaban J connectivity index is 0.000000222. The summed E-state index contributed by atoms with van der Waals surface area (Å²) in [6.07, 6.45) is 4.20. The number of nitrogens with zero attached hydrogens (tertiary/aromatic N) is 1. The number of methoxy groups -OCH3 is 1. The van der Waals surface area contributed by atoms with Gasteiger partial charge in [0.1, 0.15) is 18.5 Å². The van der Waals surface area contributed by atoms with Gasteiger partial charge in [0, 0.05) is 44.3 Å². The molecular weight excluding hydrogens is 547 g/mol. The van der Waals surface area contributed by atoms with Gasteiger partial charge >= 0.3 is 0 Å². The fourth-order valence-electron chi connectivity index (χ4n) is 5.78. The molecule has 0 radical (unpaired) electrons. The highest BCUT2D eigenvalue weighted by Gasteiger charge is 2.45. The summed E-state index contributed by atoms with van der Waals surface area (Å²) in [5, 5.41) is 14.2. The Labute approximate surface area is 251 Å². The molecule has 224 valence electrons. The maximum Gasteiger partial charge on any atom is 0.119 e. The molecule has 2 fully saturated rings. The molecule has 8 heteroatoms. The van der Waals surface area contributed by atoms with E-state index < -0.39 is 6.10 Å². The summed E-state index contributed by atoms with van der Waals surface area (Å²) in [5.41, 5.74) is 2.54. The summed E-state index contributed by atoms with van der Waals surface area (Å²) in [6, 6.07) is 15.7. The number of piperidine rings is 1. The SMILES string of the molecule is CCOC[C@@H]1[C@@H](c2ccc(Cl)c(Cl)c2)C[C@@H]2CC[C@H]1N2C.COCCc1ccc(OCC(O)CNC(C)C)cc1. The molecule has 2 aliphatic rings. The Hall–Kier alpha value is -1.38. The van der Waals surface area contributed by atoms with Gasteiger partial charge in [-0.1, -0.05) is 55.2 Å². The van der Waals surface area contributed by atoms with E-state index >= 15 is 0 Å². The fourth-order valence-corrected chi connectivity index (χ4v) is 6.09. The lowest BCUT2D eigenvalue weighted by atomic mass is 9.76. The van der Waals surface area contributed by atoms with Gasteiger partial charge in [0.15, 0.2) is 0 Å². The number of nitrogens with one attached hydrogen (secondary N) is 1. The third-order valence-corrected chi connectivity index (χ3v) is 8.78. The quantitative estimate of drug-likeness (QED) is 0.287. The molecule has 0 aromatic heterocycles. The topological polar surface area (TPSA) is 63.2 Å². The smallest absolute Gasteiger partial charge is 0.119 e. The van der Waals surface area contributed by atoms with Crippen LogP contribution in [0.1, 0.15) is 57.1 Å². The molecule has 40 heavy (non-hydrogen) atoms. The molecular formula is C32H48Cl2N2O4. The lowest BCUT2D eigenvalue weighted by molar-refractivity contribution is 0.0253. The molecule has 2 bridgehead atoms. The fraction of sp³-hybridized carbons (Fsp3) is 0.625. The van der Waals surface area contributed by atoms with Crippen LogP contribution in [0.5, 0.6) is 5.75 Å². The van der Waals surface area contributed by atoms with Gasteiger partial charge in [0.25, 0.3) is 0 Å². The van der Waals surface area contributed by atoms with E-state index in [4.69, 9.17) is 37.4 Å². The highest BCUT2D eigenvalue weighted by Crippen LogP contribution is 2.47. The van der Waals surface area contributed by atoms with Crippen molar-refractivity contribution in [1.82, 2.24) is 10.2 Å². The summed E-state index contributed by atoms with van der Waals surface area (Å²) < 4.78 is 16.4. The lowest BCUT2D eigenvalue weighted by Crippen LogP contribution is -2.47. The minimum absolute atomic E-state index is 0.303. The second kappa shape index (κ2) is 16.9. The van der Waals surface area contributed by atoms with Gasteiger partial charge in [-0.15, -0.1) is 0 Å². The van der Waals surface area contributed by atoms with Gasteiger partial charge in [-0.25, -0.2) is 0 Å². The van der Waals surface area contributed by atoms with Gasteiger partial charge in [0.05, 0.1) is 23.3 Å². The van der Waals surface area contributed by atoms with E-state index in [2.05, 4.69) is 36.3 Å². The third kappa shape index (κ3) is 9.87. The van der Waals surface area contributed by atoms with Crippen LogP contribution in [0.15, 0.2) is 42.5 Å². The zero-order valence-corrected chi connectivity index (χ0v) is 26.3. The van der Waals surface area contributed by atoms with E-state index in [-0.39, 0.29) is 0 Å². The highest BCUT2D eigenvalue weighted by molar-refractivity contribution is 6.42. The molecule has 2 saturated heterocycles. The molecule has 2 aliphatic heterocycles. The Morgan fingerprint density at radius 2 is 1.82 bits per heavy atom. The summed E-state index contributed by atoms with van der Waals surface area (Å²) in [7, 11) is 3.97. The van der Waals surface area contributed by atoms with Crippen molar-refractivity contribution in [2.24, 2.45) is 5.92 Å². The zero-order chi connectivity index (χ0) is 29.1. The van der Waals surface area contributed by atoms with Crippen molar-refractivity contribution < 1.29 is 19.3 Å². The van der Waals surface area contributed by atoms with Gasteiger partial charge < -0.3 is 29.5 Å². The number of benzene rings is 2. The largest absolute Gasteiger partial charge is 0.491 e. The second-order valence-corrected chi connectivity index (χ2v) is 12.0. The molecule has 0 amide bonds. The van der Waals surface area contributed by atoms with E-state index in [1.54, 1.807) is 7.11 Å². The Morgan fingerprint density at radius 1 is 1.07 bits per heavy atom. The Bertz CT molecular complexity index is 1010. The number of hydrogen-bond donors (Lipinski definition) is 2. The first-order chi connectivity index (χ1) is 19.2.